The molecule has 2 heterocycles. The second-order valence-corrected chi connectivity index (χ2v) is 8.61. The first-order valence-electron chi connectivity index (χ1n) is 7.74. The van der Waals surface area contributed by atoms with Gasteiger partial charge >= 0.3 is 0 Å². The first-order chi connectivity index (χ1) is 11.4. The highest BCUT2D eigenvalue weighted by molar-refractivity contribution is 7.90. The van der Waals surface area contributed by atoms with Crippen LogP contribution in [0.1, 0.15) is 23.5 Å². The predicted molar refractivity (Wildman–Crippen MR) is 85.1 cm³/mol. The minimum atomic E-state index is -3.57. The Morgan fingerprint density at radius 2 is 2.00 bits per heavy atom. The van der Waals surface area contributed by atoms with Crippen molar-refractivity contribution < 1.29 is 17.2 Å². The Morgan fingerprint density at radius 1 is 1.21 bits per heavy atom. The highest BCUT2D eigenvalue weighted by Crippen LogP contribution is 2.49. The highest BCUT2D eigenvalue weighted by atomic mass is 32.2. The van der Waals surface area contributed by atoms with Crippen LogP contribution in [0.3, 0.4) is 0 Å². The van der Waals surface area contributed by atoms with Gasteiger partial charge in [-0.25, -0.2) is 17.2 Å². The number of halogens is 2. The lowest BCUT2D eigenvalue weighted by atomic mass is 9.91. The van der Waals surface area contributed by atoms with E-state index in [-0.39, 0.29) is 24.8 Å². The maximum absolute atomic E-state index is 14.8. The van der Waals surface area contributed by atoms with E-state index in [1.54, 1.807) is 30.5 Å². The van der Waals surface area contributed by atoms with Crippen LogP contribution in [-0.2, 0) is 15.7 Å². The van der Waals surface area contributed by atoms with E-state index in [0.29, 0.717) is 17.5 Å². The van der Waals surface area contributed by atoms with Crippen LogP contribution in [0, 0.1) is 5.82 Å². The van der Waals surface area contributed by atoms with E-state index in [0.717, 1.165) is 0 Å². The summed E-state index contributed by atoms with van der Waals surface area (Å²) in [6, 6.07) is 9.25. The van der Waals surface area contributed by atoms with Gasteiger partial charge in [0.15, 0.2) is 5.67 Å². The molecule has 1 saturated heterocycles. The number of sulfonamides is 1. The van der Waals surface area contributed by atoms with Crippen LogP contribution in [0.15, 0.2) is 48.8 Å². The Labute approximate surface area is 139 Å². The van der Waals surface area contributed by atoms with Crippen LogP contribution < -0.4 is 0 Å². The van der Waals surface area contributed by atoms with Crippen molar-refractivity contribution in [2.24, 2.45) is 0 Å². The molecule has 24 heavy (non-hydrogen) atoms. The first kappa shape index (κ1) is 15.7. The molecule has 1 aromatic heterocycles. The standard InChI is InChI=1S/C17H16F2N2O2S/c18-14-5-1-3-12(7-14)15-8-16(15)24(22,23)21-10-17(19,11-21)13-4-2-6-20-9-13/h1-7,9,15-16H,8,10-11H2. The number of hydrogen-bond acceptors (Lipinski definition) is 3. The van der Waals surface area contributed by atoms with Gasteiger partial charge in [0.1, 0.15) is 5.82 Å². The largest absolute Gasteiger partial charge is 0.264 e. The molecule has 4 nitrogen and oxygen atoms in total. The Balaban J connectivity index is 1.47. The van der Waals surface area contributed by atoms with Crippen LogP contribution in [0.2, 0.25) is 0 Å². The third kappa shape index (κ3) is 2.52. The Bertz CT molecular complexity index is 867. The number of pyridine rings is 1. The summed E-state index contributed by atoms with van der Waals surface area (Å²) in [6.45, 7) is -0.374. The molecule has 0 amide bonds. The van der Waals surface area contributed by atoms with E-state index < -0.39 is 20.9 Å². The number of aromatic nitrogens is 1. The van der Waals surface area contributed by atoms with E-state index in [2.05, 4.69) is 4.98 Å². The fourth-order valence-electron chi connectivity index (χ4n) is 3.28. The van der Waals surface area contributed by atoms with Gasteiger partial charge in [0.25, 0.3) is 0 Å². The van der Waals surface area contributed by atoms with Crippen LogP contribution in [0.4, 0.5) is 8.78 Å². The predicted octanol–water partition coefficient (Wildman–Crippen LogP) is 2.59. The SMILES string of the molecule is O=S(=O)(C1CC1c1cccc(F)c1)N1CC(F)(c2cccnc2)C1. The molecule has 0 N–H and O–H groups in total. The smallest absolute Gasteiger partial charge is 0.217 e. The van der Waals surface area contributed by atoms with E-state index in [9.17, 15) is 17.2 Å². The van der Waals surface area contributed by atoms with Gasteiger partial charge in [-0.05, 0) is 30.2 Å². The van der Waals surface area contributed by atoms with Crippen molar-refractivity contribution in [3.05, 3.63) is 65.7 Å². The van der Waals surface area contributed by atoms with Gasteiger partial charge in [0.05, 0.1) is 18.3 Å². The molecule has 0 spiro atoms. The summed E-state index contributed by atoms with van der Waals surface area (Å²) in [4.78, 5) is 3.88. The molecule has 4 rings (SSSR count). The van der Waals surface area contributed by atoms with Crippen molar-refractivity contribution in [2.75, 3.05) is 13.1 Å². The van der Waals surface area contributed by atoms with Crippen molar-refractivity contribution in [3.63, 3.8) is 0 Å². The minimum absolute atomic E-state index is 0.187. The third-order valence-electron chi connectivity index (χ3n) is 4.78. The average Bonchev–Trinajstić information content (AvgIpc) is 3.34. The molecule has 2 atom stereocenters. The van der Waals surface area contributed by atoms with Gasteiger partial charge in [-0.2, -0.15) is 4.31 Å². The Morgan fingerprint density at radius 3 is 2.67 bits per heavy atom. The molecule has 2 aromatic rings. The summed E-state index contributed by atoms with van der Waals surface area (Å²) in [6.07, 6.45) is 3.43. The summed E-state index contributed by atoms with van der Waals surface area (Å²) >= 11 is 0. The lowest BCUT2D eigenvalue weighted by molar-refractivity contribution is 0.0175. The molecule has 1 aliphatic carbocycles. The first-order valence-corrected chi connectivity index (χ1v) is 9.24. The van der Waals surface area contributed by atoms with Crippen LogP contribution in [0.5, 0.6) is 0 Å². The third-order valence-corrected chi connectivity index (χ3v) is 7.05. The second-order valence-electron chi connectivity index (χ2n) is 6.46. The molecule has 0 radical (unpaired) electrons. The number of alkyl halides is 1. The van der Waals surface area contributed by atoms with Gasteiger partial charge in [-0.1, -0.05) is 18.2 Å². The van der Waals surface area contributed by atoms with E-state index in [1.807, 2.05) is 0 Å². The maximum atomic E-state index is 14.8. The minimum Gasteiger partial charge on any atom is -0.264 e. The fourth-order valence-corrected chi connectivity index (χ4v) is 5.46. The monoisotopic (exact) mass is 350 g/mol. The summed E-state index contributed by atoms with van der Waals surface area (Å²) in [5, 5.41) is -0.585. The number of nitrogens with zero attached hydrogens (tertiary/aromatic N) is 2. The maximum Gasteiger partial charge on any atom is 0.217 e. The average molecular weight is 350 g/mol. The van der Waals surface area contributed by atoms with Gasteiger partial charge < -0.3 is 0 Å². The van der Waals surface area contributed by atoms with Crippen LogP contribution in [0.25, 0.3) is 0 Å². The van der Waals surface area contributed by atoms with Crippen molar-refractivity contribution in [1.82, 2.24) is 9.29 Å². The van der Waals surface area contributed by atoms with Crippen LogP contribution in [-0.4, -0.2) is 36.0 Å². The molecular weight excluding hydrogens is 334 g/mol. The van der Waals surface area contributed by atoms with E-state index >= 15 is 0 Å². The molecular formula is C17H16F2N2O2S. The molecule has 1 saturated carbocycles. The Hall–Kier alpha value is -1.86. The quantitative estimate of drug-likeness (QED) is 0.852. The topological polar surface area (TPSA) is 50.3 Å². The summed E-state index contributed by atoms with van der Waals surface area (Å²) in [5.41, 5.74) is -0.596. The number of hydrogen-bond donors (Lipinski definition) is 0. The molecule has 1 aliphatic heterocycles. The zero-order valence-corrected chi connectivity index (χ0v) is 13.6. The highest BCUT2D eigenvalue weighted by Gasteiger charge is 2.57. The van der Waals surface area contributed by atoms with Gasteiger partial charge in [-0.3, -0.25) is 4.98 Å². The molecule has 126 valence electrons. The summed E-state index contributed by atoms with van der Waals surface area (Å²) in [7, 11) is -3.57. The Kier molecular flexibility index (Phi) is 3.47. The molecule has 2 aliphatic rings. The second kappa shape index (κ2) is 5.32. The fraction of sp³-hybridized carbons (Fsp3) is 0.353. The van der Waals surface area contributed by atoms with E-state index in [1.165, 1.54) is 22.6 Å². The van der Waals surface area contributed by atoms with E-state index in [4.69, 9.17) is 0 Å². The van der Waals surface area contributed by atoms with Crippen molar-refractivity contribution in [1.29, 1.82) is 0 Å². The summed E-state index contributed by atoms with van der Waals surface area (Å²) < 4.78 is 54.5. The van der Waals surface area contributed by atoms with Gasteiger partial charge in [0.2, 0.25) is 10.0 Å². The molecule has 1 aromatic carbocycles. The van der Waals surface area contributed by atoms with Crippen molar-refractivity contribution in [2.45, 2.75) is 23.3 Å². The molecule has 0 bridgehead atoms. The molecule has 2 unspecified atom stereocenters. The number of rotatable bonds is 4. The zero-order chi connectivity index (χ0) is 16.9. The molecule has 7 heteroatoms. The molecule has 2 fully saturated rings. The van der Waals surface area contributed by atoms with Crippen molar-refractivity contribution in [3.8, 4) is 0 Å². The van der Waals surface area contributed by atoms with Gasteiger partial charge in [0, 0.05) is 23.9 Å². The summed E-state index contributed by atoms with van der Waals surface area (Å²) in [5.74, 6) is -0.586. The lowest BCUT2D eigenvalue weighted by Gasteiger charge is -2.43. The zero-order valence-electron chi connectivity index (χ0n) is 12.8. The van der Waals surface area contributed by atoms with Crippen LogP contribution >= 0.6 is 0 Å². The van der Waals surface area contributed by atoms with Crippen molar-refractivity contribution >= 4 is 10.0 Å². The lowest BCUT2D eigenvalue weighted by Crippen LogP contribution is -2.59. The van der Waals surface area contributed by atoms with Gasteiger partial charge in [-0.15, -0.1) is 0 Å². The normalized spacial score (nSPS) is 25.9. The number of benzene rings is 1.